The van der Waals surface area contributed by atoms with E-state index in [1.54, 1.807) is 0 Å². The second-order valence-electron chi connectivity index (χ2n) is 7.40. The minimum atomic E-state index is -0.921. The smallest absolute Gasteiger partial charge is 0.292 e. The molecule has 32 heavy (non-hydrogen) atoms. The van der Waals surface area contributed by atoms with Crippen molar-refractivity contribution in [2.45, 2.75) is 6.04 Å². The van der Waals surface area contributed by atoms with Crippen molar-refractivity contribution in [3.63, 3.8) is 0 Å². The van der Waals surface area contributed by atoms with E-state index >= 15 is 0 Å². The van der Waals surface area contributed by atoms with Crippen LogP contribution in [0.5, 0.6) is 0 Å². The van der Waals surface area contributed by atoms with Gasteiger partial charge >= 0.3 is 0 Å². The maximum absolute atomic E-state index is 14.1. The van der Waals surface area contributed by atoms with Gasteiger partial charge in [-0.15, -0.1) is 0 Å². The van der Waals surface area contributed by atoms with Crippen molar-refractivity contribution in [1.29, 1.82) is 0 Å². The van der Waals surface area contributed by atoms with Gasteiger partial charge in [-0.25, -0.2) is 8.78 Å². The molecule has 1 fully saturated rings. The zero-order chi connectivity index (χ0) is 22.8. The number of carbonyl (C=O) groups excluding carboxylic acids is 1. The summed E-state index contributed by atoms with van der Waals surface area (Å²) in [6.07, 6.45) is 1.38. The lowest BCUT2D eigenvalue weighted by molar-refractivity contribution is -0.123. The largest absolute Gasteiger partial charge is 0.368 e. The van der Waals surface area contributed by atoms with Crippen LogP contribution < -0.4 is 16.2 Å². The fourth-order valence-corrected chi connectivity index (χ4v) is 4.13. The summed E-state index contributed by atoms with van der Waals surface area (Å²) in [6, 6.07) is 11.6. The molecule has 2 aromatic carbocycles. The third kappa shape index (κ3) is 4.21. The number of hydrogen-bond donors (Lipinski definition) is 1. The summed E-state index contributed by atoms with van der Waals surface area (Å²) in [6.45, 7) is 1.97. The van der Waals surface area contributed by atoms with Crippen molar-refractivity contribution in [2.75, 3.05) is 31.1 Å². The lowest BCUT2D eigenvalue weighted by Gasteiger charge is -2.39. The monoisotopic (exact) mass is 459 g/mol. The van der Waals surface area contributed by atoms with Crippen molar-refractivity contribution >= 4 is 23.2 Å². The summed E-state index contributed by atoms with van der Waals surface area (Å²) in [4.78, 5) is 28.7. The SMILES string of the molecule is NC(=O)C(c1ccccc1)N1CCN(c2cnn(-c3ccc(F)cc3F)c(=O)c2Cl)CC1. The highest BCUT2D eigenvalue weighted by Gasteiger charge is 2.30. The number of rotatable bonds is 5. The first-order chi connectivity index (χ1) is 15.4. The summed E-state index contributed by atoms with van der Waals surface area (Å²) in [5.41, 5.74) is 5.98. The van der Waals surface area contributed by atoms with Crippen LogP contribution in [0.2, 0.25) is 5.02 Å². The van der Waals surface area contributed by atoms with Crippen LogP contribution in [0.4, 0.5) is 14.5 Å². The maximum Gasteiger partial charge on any atom is 0.292 e. The zero-order valence-electron chi connectivity index (χ0n) is 16.9. The Morgan fingerprint density at radius 3 is 2.34 bits per heavy atom. The average Bonchev–Trinajstić information content (AvgIpc) is 2.77. The van der Waals surface area contributed by atoms with E-state index in [2.05, 4.69) is 5.10 Å². The molecule has 1 aliphatic rings. The van der Waals surface area contributed by atoms with Crippen molar-refractivity contribution in [3.8, 4) is 5.69 Å². The number of nitrogens with two attached hydrogens (primary N) is 1. The van der Waals surface area contributed by atoms with Gasteiger partial charge in [-0.05, 0) is 17.7 Å². The lowest BCUT2D eigenvalue weighted by atomic mass is 10.0. The molecule has 0 spiro atoms. The number of aromatic nitrogens is 2. The van der Waals surface area contributed by atoms with E-state index in [-0.39, 0.29) is 10.7 Å². The van der Waals surface area contributed by atoms with E-state index in [9.17, 15) is 18.4 Å². The number of hydrogen-bond acceptors (Lipinski definition) is 5. The third-order valence-corrected chi connectivity index (χ3v) is 5.80. The Kier molecular flexibility index (Phi) is 6.20. The number of benzene rings is 2. The summed E-state index contributed by atoms with van der Waals surface area (Å²) in [7, 11) is 0. The molecule has 0 bridgehead atoms. The van der Waals surface area contributed by atoms with Gasteiger partial charge in [0.1, 0.15) is 22.6 Å². The van der Waals surface area contributed by atoms with Crippen molar-refractivity contribution in [3.05, 3.63) is 87.3 Å². The number of piperazine rings is 1. The topological polar surface area (TPSA) is 84.5 Å². The Morgan fingerprint density at radius 1 is 1.03 bits per heavy atom. The molecule has 1 amide bonds. The summed E-state index contributed by atoms with van der Waals surface area (Å²) in [5.74, 6) is -2.12. The summed E-state index contributed by atoms with van der Waals surface area (Å²) in [5, 5.41) is 3.91. The zero-order valence-corrected chi connectivity index (χ0v) is 17.7. The number of carbonyl (C=O) groups is 1. The summed E-state index contributed by atoms with van der Waals surface area (Å²) >= 11 is 6.31. The predicted molar refractivity (Wildman–Crippen MR) is 117 cm³/mol. The standard InChI is InChI=1S/C22H20ClF2N5O2/c23-19-18(13-27-30(22(19)32)17-7-6-15(24)12-16(17)25)28-8-10-29(11-9-28)20(21(26)31)14-4-2-1-3-5-14/h1-7,12-13,20H,8-11H2,(H2,26,31). The van der Waals surface area contributed by atoms with Crippen LogP contribution in [0.1, 0.15) is 11.6 Å². The maximum atomic E-state index is 14.1. The highest BCUT2D eigenvalue weighted by atomic mass is 35.5. The fourth-order valence-electron chi connectivity index (χ4n) is 3.88. The molecule has 10 heteroatoms. The van der Waals surface area contributed by atoms with Gasteiger partial charge < -0.3 is 10.6 Å². The molecule has 0 radical (unpaired) electrons. The van der Waals surface area contributed by atoms with Gasteiger partial charge in [-0.2, -0.15) is 9.78 Å². The minimum absolute atomic E-state index is 0.119. The van der Waals surface area contributed by atoms with Gasteiger partial charge in [0, 0.05) is 32.2 Å². The molecule has 1 unspecified atom stereocenters. The Balaban J connectivity index is 1.54. The van der Waals surface area contributed by atoms with Crippen LogP contribution in [0, 0.1) is 11.6 Å². The van der Waals surface area contributed by atoms with E-state index in [1.165, 1.54) is 6.20 Å². The quantitative estimate of drug-likeness (QED) is 0.633. The molecule has 1 atom stereocenters. The molecule has 0 saturated carbocycles. The average molecular weight is 460 g/mol. The molecule has 1 aromatic heterocycles. The molecule has 0 aliphatic carbocycles. The van der Waals surface area contributed by atoms with Crippen LogP contribution in [0.25, 0.3) is 5.69 Å². The molecule has 1 aliphatic heterocycles. The van der Waals surface area contributed by atoms with Crippen molar-refractivity contribution < 1.29 is 13.6 Å². The van der Waals surface area contributed by atoms with Gasteiger partial charge in [-0.3, -0.25) is 14.5 Å². The van der Waals surface area contributed by atoms with Gasteiger partial charge in [0.25, 0.3) is 5.56 Å². The van der Waals surface area contributed by atoms with Crippen molar-refractivity contribution in [1.82, 2.24) is 14.7 Å². The molecule has 2 heterocycles. The van der Waals surface area contributed by atoms with Crippen LogP contribution in [-0.4, -0.2) is 46.8 Å². The first-order valence-electron chi connectivity index (χ1n) is 9.93. The van der Waals surface area contributed by atoms with Crippen molar-refractivity contribution in [2.24, 2.45) is 5.73 Å². The van der Waals surface area contributed by atoms with Crippen LogP contribution in [0.3, 0.4) is 0 Å². The van der Waals surface area contributed by atoms with E-state index in [1.807, 2.05) is 40.1 Å². The van der Waals surface area contributed by atoms with Crippen LogP contribution in [0.15, 0.2) is 59.5 Å². The highest BCUT2D eigenvalue weighted by Crippen LogP contribution is 2.27. The van der Waals surface area contributed by atoms with Gasteiger partial charge in [0.05, 0.1) is 11.9 Å². The lowest BCUT2D eigenvalue weighted by Crippen LogP contribution is -2.50. The molecule has 7 nitrogen and oxygen atoms in total. The Morgan fingerprint density at radius 2 is 1.72 bits per heavy atom. The molecule has 3 aromatic rings. The predicted octanol–water partition coefficient (Wildman–Crippen LogP) is 2.51. The van der Waals surface area contributed by atoms with Crippen LogP contribution >= 0.6 is 11.6 Å². The fraction of sp³-hybridized carbons (Fsp3) is 0.227. The highest BCUT2D eigenvalue weighted by molar-refractivity contribution is 6.33. The van der Waals surface area contributed by atoms with E-state index in [0.717, 1.165) is 22.4 Å². The van der Waals surface area contributed by atoms with Gasteiger partial charge in [0.2, 0.25) is 5.91 Å². The molecule has 4 rings (SSSR count). The van der Waals surface area contributed by atoms with Crippen LogP contribution in [-0.2, 0) is 4.79 Å². The first kappa shape index (κ1) is 21.9. The Hall–Kier alpha value is -3.30. The Bertz CT molecular complexity index is 1200. The minimum Gasteiger partial charge on any atom is -0.368 e. The molecule has 2 N–H and O–H groups in total. The van der Waals surface area contributed by atoms with E-state index < -0.39 is 29.1 Å². The normalized spacial score (nSPS) is 15.5. The Labute approximate surface area is 187 Å². The van der Waals surface area contributed by atoms with Gasteiger partial charge in [-0.1, -0.05) is 41.9 Å². The number of amides is 1. The number of nitrogens with zero attached hydrogens (tertiary/aromatic N) is 4. The third-order valence-electron chi connectivity index (χ3n) is 5.44. The van der Waals surface area contributed by atoms with E-state index in [4.69, 9.17) is 17.3 Å². The second-order valence-corrected chi connectivity index (χ2v) is 7.77. The first-order valence-corrected chi connectivity index (χ1v) is 10.3. The number of halogens is 3. The molecular weight excluding hydrogens is 440 g/mol. The molecular formula is C22H20ClF2N5O2. The van der Waals surface area contributed by atoms with Gasteiger partial charge in [0.15, 0.2) is 5.82 Å². The number of anilines is 1. The number of primary amides is 1. The molecule has 1 saturated heterocycles. The van der Waals surface area contributed by atoms with E-state index in [0.29, 0.717) is 37.9 Å². The summed E-state index contributed by atoms with van der Waals surface area (Å²) < 4.78 is 28.1. The second kappa shape index (κ2) is 9.05. The molecule has 166 valence electrons.